The number of amides is 1. The number of carbonyl (C=O) groups is 1. The number of rotatable bonds is 4. The van der Waals surface area contributed by atoms with Crippen molar-refractivity contribution in [1.29, 1.82) is 0 Å². The third-order valence-corrected chi connectivity index (χ3v) is 5.13. The summed E-state index contributed by atoms with van der Waals surface area (Å²) < 4.78 is 5.65. The van der Waals surface area contributed by atoms with Crippen molar-refractivity contribution in [2.24, 2.45) is 0 Å². The smallest absolute Gasteiger partial charge is 0.260 e. The molecule has 2 N–H and O–H groups in total. The summed E-state index contributed by atoms with van der Waals surface area (Å²) in [6.07, 6.45) is 3.87. The van der Waals surface area contributed by atoms with Crippen molar-refractivity contribution >= 4 is 41.5 Å². The van der Waals surface area contributed by atoms with Crippen LogP contribution in [0.25, 0.3) is 0 Å². The first-order valence-electron chi connectivity index (χ1n) is 7.69. The molecule has 2 aliphatic heterocycles. The topological polar surface area (TPSA) is 50.4 Å². The maximum absolute atomic E-state index is 12.3. The van der Waals surface area contributed by atoms with Gasteiger partial charge in [0.2, 0.25) is 0 Å². The molecule has 0 aromatic heterocycles. The number of piperidine rings is 1. The second-order valence-corrected chi connectivity index (χ2v) is 6.97. The Hall–Kier alpha value is -0.680. The van der Waals surface area contributed by atoms with Gasteiger partial charge < -0.3 is 15.4 Å². The van der Waals surface area contributed by atoms with Crippen molar-refractivity contribution in [3.05, 3.63) is 28.2 Å². The zero-order valence-corrected chi connectivity index (χ0v) is 15.2. The molecule has 1 aromatic rings. The van der Waals surface area contributed by atoms with Gasteiger partial charge in [0.15, 0.2) is 6.10 Å². The number of hydrogen-bond donors (Lipinski definition) is 2. The van der Waals surface area contributed by atoms with Crippen LogP contribution in [-0.2, 0) is 4.79 Å². The van der Waals surface area contributed by atoms with Gasteiger partial charge >= 0.3 is 0 Å². The first kappa shape index (κ1) is 18.7. The van der Waals surface area contributed by atoms with Gasteiger partial charge in [0.05, 0.1) is 10.0 Å². The van der Waals surface area contributed by atoms with E-state index in [0.29, 0.717) is 27.9 Å². The van der Waals surface area contributed by atoms with Crippen molar-refractivity contribution in [3.63, 3.8) is 0 Å². The Labute approximate surface area is 152 Å². The van der Waals surface area contributed by atoms with Gasteiger partial charge in [-0.15, -0.1) is 12.4 Å². The van der Waals surface area contributed by atoms with Crippen LogP contribution in [0.2, 0.25) is 10.0 Å². The van der Waals surface area contributed by atoms with Gasteiger partial charge in [-0.1, -0.05) is 23.2 Å². The summed E-state index contributed by atoms with van der Waals surface area (Å²) in [4.78, 5) is 12.3. The summed E-state index contributed by atoms with van der Waals surface area (Å²) in [7, 11) is 0. The predicted octanol–water partition coefficient (Wildman–Crippen LogP) is 3.58. The van der Waals surface area contributed by atoms with E-state index in [4.69, 9.17) is 27.9 Å². The highest BCUT2D eigenvalue weighted by Crippen LogP contribution is 2.28. The van der Waals surface area contributed by atoms with E-state index in [1.54, 1.807) is 25.1 Å². The molecule has 2 bridgehead atoms. The van der Waals surface area contributed by atoms with Crippen LogP contribution in [0.3, 0.4) is 0 Å². The highest BCUT2D eigenvalue weighted by Gasteiger charge is 2.34. The van der Waals surface area contributed by atoms with Crippen molar-refractivity contribution in [3.8, 4) is 5.75 Å². The molecule has 1 amide bonds. The maximum atomic E-state index is 12.3. The van der Waals surface area contributed by atoms with E-state index in [-0.39, 0.29) is 24.4 Å². The molecule has 0 radical (unpaired) electrons. The molecule has 23 heavy (non-hydrogen) atoms. The molecule has 0 saturated carbocycles. The molecule has 2 saturated heterocycles. The Morgan fingerprint density at radius 2 is 1.91 bits per heavy atom. The van der Waals surface area contributed by atoms with E-state index in [2.05, 4.69) is 10.6 Å². The summed E-state index contributed by atoms with van der Waals surface area (Å²) in [6, 6.07) is 6.34. The van der Waals surface area contributed by atoms with E-state index in [9.17, 15) is 4.79 Å². The molecule has 2 fully saturated rings. The van der Waals surface area contributed by atoms with E-state index < -0.39 is 6.10 Å². The normalized spacial score (nSPS) is 27.0. The number of benzene rings is 1. The summed E-state index contributed by atoms with van der Waals surface area (Å²) >= 11 is 11.8. The van der Waals surface area contributed by atoms with Gasteiger partial charge in [-0.3, -0.25) is 4.79 Å². The monoisotopic (exact) mass is 378 g/mol. The highest BCUT2D eigenvalue weighted by atomic mass is 35.5. The lowest BCUT2D eigenvalue weighted by atomic mass is 9.99. The summed E-state index contributed by atoms with van der Waals surface area (Å²) in [5, 5.41) is 7.55. The van der Waals surface area contributed by atoms with Crippen LogP contribution in [0.5, 0.6) is 5.75 Å². The average molecular weight is 380 g/mol. The first-order valence-corrected chi connectivity index (χ1v) is 8.45. The molecule has 0 spiro atoms. The van der Waals surface area contributed by atoms with Gasteiger partial charge in [0.25, 0.3) is 5.91 Å². The second-order valence-electron chi connectivity index (χ2n) is 6.15. The Bertz CT molecular complexity index is 558. The Morgan fingerprint density at radius 1 is 1.26 bits per heavy atom. The van der Waals surface area contributed by atoms with Crippen LogP contribution in [0.15, 0.2) is 18.2 Å². The fourth-order valence-electron chi connectivity index (χ4n) is 3.30. The van der Waals surface area contributed by atoms with Crippen molar-refractivity contribution in [1.82, 2.24) is 10.6 Å². The first-order chi connectivity index (χ1) is 10.5. The minimum atomic E-state index is -0.565. The molecule has 1 aromatic carbocycles. The number of carbonyl (C=O) groups excluding carboxylic acids is 1. The minimum Gasteiger partial charge on any atom is -0.481 e. The number of nitrogens with one attached hydrogen (secondary N) is 2. The van der Waals surface area contributed by atoms with Gasteiger partial charge in [-0.05, 0) is 44.7 Å². The molecule has 128 valence electrons. The van der Waals surface area contributed by atoms with Gasteiger partial charge in [-0.25, -0.2) is 0 Å². The van der Waals surface area contributed by atoms with Gasteiger partial charge in [0.1, 0.15) is 5.75 Å². The van der Waals surface area contributed by atoms with E-state index in [1.165, 1.54) is 12.8 Å². The molecule has 2 aliphatic rings. The number of halogens is 3. The molecular formula is C16H21Cl3N2O2. The van der Waals surface area contributed by atoms with Crippen LogP contribution >= 0.6 is 35.6 Å². The van der Waals surface area contributed by atoms with Gasteiger partial charge in [-0.2, -0.15) is 0 Å². The van der Waals surface area contributed by atoms with Crippen molar-refractivity contribution in [2.45, 2.75) is 56.8 Å². The molecule has 3 rings (SSSR count). The molecule has 0 aliphatic carbocycles. The largest absolute Gasteiger partial charge is 0.481 e. The Kier molecular flexibility index (Phi) is 6.43. The summed E-state index contributed by atoms with van der Waals surface area (Å²) in [6.45, 7) is 1.74. The third-order valence-electron chi connectivity index (χ3n) is 4.39. The third kappa shape index (κ3) is 4.66. The number of hydrogen-bond acceptors (Lipinski definition) is 3. The van der Waals surface area contributed by atoms with Gasteiger partial charge in [0, 0.05) is 24.2 Å². The molecule has 2 heterocycles. The highest BCUT2D eigenvalue weighted by molar-refractivity contribution is 6.42. The van der Waals surface area contributed by atoms with Crippen LogP contribution in [0, 0.1) is 0 Å². The lowest BCUT2D eigenvalue weighted by molar-refractivity contribution is -0.128. The molecule has 4 nitrogen and oxygen atoms in total. The molecule has 3 atom stereocenters. The average Bonchev–Trinajstić information content (AvgIpc) is 2.82. The number of fused-ring (bicyclic) bond motifs is 2. The Balaban J connectivity index is 0.00000192. The standard InChI is InChI=1S/C16H20Cl2N2O2.ClH/c1-9(22-13-4-5-14(17)15(18)8-13)16(21)20-12-6-10-2-3-11(7-12)19-10;/h4-5,8-12,19H,2-3,6-7H2,1H3,(H,20,21);1H. The summed E-state index contributed by atoms with van der Waals surface area (Å²) in [5.74, 6) is 0.458. The fraction of sp³-hybridized carbons (Fsp3) is 0.562. The van der Waals surface area contributed by atoms with Crippen LogP contribution < -0.4 is 15.4 Å². The van der Waals surface area contributed by atoms with Crippen molar-refractivity contribution in [2.75, 3.05) is 0 Å². The molecule has 3 unspecified atom stereocenters. The lowest BCUT2D eigenvalue weighted by Gasteiger charge is -2.30. The molecular weight excluding hydrogens is 359 g/mol. The van der Waals surface area contributed by atoms with Crippen LogP contribution in [-0.4, -0.2) is 30.1 Å². The minimum absolute atomic E-state index is 0. The molecule has 7 heteroatoms. The van der Waals surface area contributed by atoms with Crippen molar-refractivity contribution < 1.29 is 9.53 Å². The lowest BCUT2D eigenvalue weighted by Crippen LogP contribution is -2.50. The zero-order chi connectivity index (χ0) is 15.7. The Morgan fingerprint density at radius 3 is 2.52 bits per heavy atom. The van der Waals surface area contributed by atoms with E-state index >= 15 is 0 Å². The van der Waals surface area contributed by atoms with E-state index in [0.717, 1.165) is 12.8 Å². The zero-order valence-electron chi connectivity index (χ0n) is 12.9. The fourth-order valence-corrected chi connectivity index (χ4v) is 3.59. The second kappa shape index (κ2) is 7.93. The summed E-state index contributed by atoms with van der Waals surface area (Å²) in [5.41, 5.74) is 0. The predicted molar refractivity (Wildman–Crippen MR) is 94.9 cm³/mol. The maximum Gasteiger partial charge on any atom is 0.260 e. The number of ether oxygens (including phenoxy) is 1. The van der Waals surface area contributed by atoms with Crippen LogP contribution in [0.1, 0.15) is 32.6 Å². The quantitative estimate of drug-likeness (QED) is 0.840. The SMILES string of the molecule is CC(Oc1ccc(Cl)c(Cl)c1)C(=O)NC1CC2CCC(C1)N2.Cl. The van der Waals surface area contributed by atoms with E-state index in [1.807, 2.05) is 0 Å². The van der Waals surface area contributed by atoms with Crippen LogP contribution in [0.4, 0.5) is 0 Å².